The van der Waals surface area contributed by atoms with Crippen LogP contribution in [0.3, 0.4) is 0 Å². The van der Waals surface area contributed by atoms with E-state index >= 15 is 0 Å². The molecule has 0 aliphatic heterocycles. The minimum absolute atomic E-state index is 0.00751. The van der Waals surface area contributed by atoms with Crippen molar-refractivity contribution in [2.75, 3.05) is 6.07 Å². The van der Waals surface area contributed by atoms with E-state index in [0.29, 0.717) is 16.4 Å². The molecule has 0 saturated heterocycles. The molecule has 0 saturated carbocycles. The van der Waals surface area contributed by atoms with Crippen LogP contribution in [0.25, 0.3) is 0 Å². The Hall–Kier alpha value is -1.52. The lowest BCUT2D eigenvalue weighted by Gasteiger charge is -2.08. The molecule has 0 atom stereocenters. The molecule has 2 rings (SSSR count). The van der Waals surface area contributed by atoms with Crippen molar-refractivity contribution in [3.8, 4) is 11.5 Å². The summed E-state index contributed by atoms with van der Waals surface area (Å²) >= 11 is 6.81. The van der Waals surface area contributed by atoms with Gasteiger partial charge in [-0.25, -0.2) is 4.79 Å². The van der Waals surface area contributed by atoms with Crippen LogP contribution in [-0.4, -0.2) is 12.0 Å². The van der Waals surface area contributed by atoms with Crippen molar-refractivity contribution >= 4 is 28.9 Å². The molecule has 17 heavy (non-hydrogen) atoms. The molecule has 0 amide bonds. The number of thiophene rings is 1. The topological polar surface area (TPSA) is 35.5 Å². The van der Waals surface area contributed by atoms with Crippen LogP contribution in [0.2, 0.25) is 0 Å². The second kappa shape index (κ2) is 5.70. The molecular weight excluding hydrogens is 260 g/mol. The SMILES string of the molecule is O=C(Oc1ccccc1OCCl)c1cccs1. The van der Waals surface area contributed by atoms with E-state index in [0.717, 1.165) is 0 Å². The van der Waals surface area contributed by atoms with Gasteiger partial charge >= 0.3 is 5.97 Å². The van der Waals surface area contributed by atoms with Gasteiger partial charge in [-0.1, -0.05) is 29.8 Å². The highest BCUT2D eigenvalue weighted by Crippen LogP contribution is 2.27. The zero-order chi connectivity index (χ0) is 12.1. The van der Waals surface area contributed by atoms with Crippen LogP contribution in [0.4, 0.5) is 0 Å². The number of benzene rings is 1. The van der Waals surface area contributed by atoms with Crippen molar-refractivity contribution in [3.63, 3.8) is 0 Å². The summed E-state index contributed by atoms with van der Waals surface area (Å²) < 4.78 is 10.4. The van der Waals surface area contributed by atoms with Gasteiger partial charge in [-0.05, 0) is 23.6 Å². The fourth-order valence-electron chi connectivity index (χ4n) is 1.26. The molecule has 0 radical (unpaired) electrons. The predicted octanol–water partition coefficient (Wildman–Crippen LogP) is 3.54. The molecule has 1 aromatic carbocycles. The summed E-state index contributed by atoms with van der Waals surface area (Å²) in [5, 5.41) is 1.82. The van der Waals surface area contributed by atoms with Crippen molar-refractivity contribution < 1.29 is 14.3 Å². The number of hydrogen-bond acceptors (Lipinski definition) is 4. The van der Waals surface area contributed by atoms with Gasteiger partial charge in [0.15, 0.2) is 17.6 Å². The largest absolute Gasteiger partial charge is 0.474 e. The molecule has 5 heteroatoms. The minimum atomic E-state index is -0.398. The number of alkyl halides is 1. The van der Waals surface area contributed by atoms with E-state index in [1.54, 1.807) is 36.4 Å². The summed E-state index contributed by atoms with van der Waals surface area (Å²) in [7, 11) is 0. The van der Waals surface area contributed by atoms with Crippen molar-refractivity contribution in [2.45, 2.75) is 0 Å². The monoisotopic (exact) mass is 268 g/mol. The molecule has 0 aliphatic carbocycles. The molecule has 0 aliphatic rings. The zero-order valence-corrected chi connectivity index (χ0v) is 10.3. The number of carbonyl (C=O) groups is 1. The quantitative estimate of drug-likeness (QED) is 0.483. The van der Waals surface area contributed by atoms with Crippen LogP contribution in [0, 0.1) is 0 Å². The predicted molar refractivity (Wildman–Crippen MR) is 67.1 cm³/mol. The highest BCUT2D eigenvalue weighted by Gasteiger charge is 2.12. The third kappa shape index (κ3) is 2.99. The van der Waals surface area contributed by atoms with Gasteiger partial charge in [0.25, 0.3) is 0 Å². The van der Waals surface area contributed by atoms with Crippen LogP contribution in [0.5, 0.6) is 11.5 Å². The summed E-state index contributed by atoms with van der Waals surface area (Å²) in [4.78, 5) is 12.3. The second-order valence-corrected chi connectivity index (χ2v) is 4.23. The normalized spacial score (nSPS) is 9.94. The average molecular weight is 269 g/mol. The highest BCUT2D eigenvalue weighted by molar-refractivity contribution is 7.12. The number of carbonyl (C=O) groups excluding carboxylic acids is 1. The van der Waals surface area contributed by atoms with Crippen molar-refractivity contribution in [2.24, 2.45) is 0 Å². The molecule has 0 unspecified atom stereocenters. The number of esters is 1. The molecule has 0 fully saturated rings. The fourth-order valence-corrected chi connectivity index (χ4v) is 1.97. The van der Waals surface area contributed by atoms with E-state index in [2.05, 4.69) is 0 Å². The van der Waals surface area contributed by atoms with Gasteiger partial charge in [0.05, 0.1) is 0 Å². The first-order valence-corrected chi connectivity index (χ1v) is 6.26. The Balaban J connectivity index is 2.15. The van der Waals surface area contributed by atoms with E-state index in [-0.39, 0.29) is 6.07 Å². The Kier molecular flexibility index (Phi) is 4.01. The van der Waals surface area contributed by atoms with Gasteiger partial charge in [0.1, 0.15) is 4.88 Å². The van der Waals surface area contributed by atoms with E-state index in [4.69, 9.17) is 21.1 Å². The van der Waals surface area contributed by atoms with Gasteiger partial charge < -0.3 is 9.47 Å². The lowest BCUT2D eigenvalue weighted by Crippen LogP contribution is -2.07. The molecule has 3 nitrogen and oxygen atoms in total. The van der Waals surface area contributed by atoms with Gasteiger partial charge in [-0.2, -0.15) is 0 Å². The molecule has 0 spiro atoms. The van der Waals surface area contributed by atoms with Crippen LogP contribution in [0.15, 0.2) is 41.8 Å². The van der Waals surface area contributed by atoms with Crippen LogP contribution in [-0.2, 0) is 0 Å². The van der Waals surface area contributed by atoms with E-state index < -0.39 is 5.97 Å². The Bertz CT molecular complexity index is 496. The lowest BCUT2D eigenvalue weighted by molar-refractivity contribution is 0.0734. The number of rotatable bonds is 4. The maximum Gasteiger partial charge on any atom is 0.353 e. The third-order valence-corrected chi connectivity index (χ3v) is 2.94. The van der Waals surface area contributed by atoms with Crippen molar-refractivity contribution in [1.82, 2.24) is 0 Å². The Morgan fingerprint density at radius 2 is 1.94 bits per heavy atom. The summed E-state index contributed by atoms with van der Waals surface area (Å²) in [5.41, 5.74) is 0. The zero-order valence-electron chi connectivity index (χ0n) is 8.76. The average Bonchev–Trinajstić information content (AvgIpc) is 2.85. The standard InChI is InChI=1S/C12H9ClO3S/c13-8-15-9-4-1-2-5-10(9)16-12(14)11-6-3-7-17-11/h1-7H,8H2. The Morgan fingerprint density at radius 1 is 1.18 bits per heavy atom. The Morgan fingerprint density at radius 3 is 2.59 bits per heavy atom. The first-order chi connectivity index (χ1) is 8.31. The lowest BCUT2D eigenvalue weighted by atomic mass is 10.3. The van der Waals surface area contributed by atoms with Gasteiger partial charge in [0, 0.05) is 0 Å². The van der Waals surface area contributed by atoms with Crippen molar-refractivity contribution in [3.05, 3.63) is 46.7 Å². The molecule has 2 aromatic rings. The second-order valence-electron chi connectivity index (χ2n) is 3.07. The number of para-hydroxylation sites is 2. The van der Waals surface area contributed by atoms with Crippen molar-refractivity contribution in [1.29, 1.82) is 0 Å². The molecule has 0 bridgehead atoms. The molecule has 1 aromatic heterocycles. The van der Waals surface area contributed by atoms with Crippen LogP contribution in [0.1, 0.15) is 9.67 Å². The molecular formula is C12H9ClO3S. The van der Waals surface area contributed by atoms with E-state index in [1.807, 2.05) is 5.38 Å². The van der Waals surface area contributed by atoms with Gasteiger partial charge in [-0.15, -0.1) is 11.3 Å². The van der Waals surface area contributed by atoms with E-state index in [1.165, 1.54) is 11.3 Å². The Labute approximate surface area is 108 Å². The van der Waals surface area contributed by atoms with Crippen LogP contribution < -0.4 is 9.47 Å². The molecule has 88 valence electrons. The highest BCUT2D eigenvalue weighted by atomic mass is 35.5. The summed E-state index contributed by atoms with van der Waals surface area (Å²) in [5.74, 6) is 0.421. The van der Waals surface area contributed by atoms with Gasteiger partial charge in [0.2, 0.25) is 0 Å². The smallest absolute Gasteiger partial charge is 0.353 e. The summed E-state index contributed by atoms with van der Waals surface area (Å²) in [6.07, 6.45) is 0. The molecule has 1 heterocycles. The fraction of sp³-hybridized carbons (Fsp3) is 0.0833. The van der Waals surface area contributed by atoms with E-state index in [9.17, 15) is 4.79 Å². The van der Waals surface area contributed by atoms with Crippen LogP contribution >= 0.6 is 22.9 Å². The molecule has 0 N–H and O–H groups in total. The van der Waals surface area contributed by atoms with Gasteiger partial charge in [-0.3, -0.25) is 0 Å². The number of hydrogen-bond donors (Lipinski definition) is 0. The minimum Gasteiger partial charge on any atom is -0.474 e. The third-order valence-electron chi connectivity index (χ3n) is 1.98. The maximum absolute atomic E-state index is 11.7. The number of halogens is 1. The maximum atomic E-state index is 11.7. The number of ether oxygens (including phenoxy) is 2. The summed E-state index contributed by atoms with van der Waals surface area (Å²) in [6, 6.07) is 10.4. The first kappa shape index (κ1) is 12.0. The summed E-state index contributed by atoms with van der Waals surface area (Å²) in [6.45, 7) is 0. The first-order valence-electron chi connectivity index (χ1n) is 4.84.